The zero-order valence-electron chi connectivity index (χ0n) is 35.7. The third kappa shape index (κ3) is 8.85. The fraction of sp³-hybridized carbons (Fsp3) is 0.191. The molecule has 14 nitrogen and oxygen atoms in total. The third-order valence-electron chi connectivity index (χ3n) is 10.5. The fourth-order valence-electron chi connectivity index (χ4n) is 7.61. The van der Waals surface area contributed by atoms with Crippen LogP contribution in [0.3, 0.4) is 0 Å². The van der Waals surface area contributed by atoms with Crippen molar-refractivity contribution < 1.29 is 45.3 Å². The van der Waals surface area contributed by atoms with Gasteiger partial charge in [0.05, 0.1) is 11.4 Å². The van der Waals surface area contributed by atoms with Crippen LogP contribution in [-0.2, 0) is 20.6 Å². The normalized spacial score (nSPS) is 14.3. The van der Waals surface area contributed by atoms with Crippen molar-refractivity contribution in [1.29, 1.82) is 0 Å². The molecule has 2 aliphatic heterocycles. The maximum Gasteiger partial charge on any atom is 0.586 e. The van der Waals surface area contributed by atoms with Gasteiger partial charge in [-0.3, -0.25) is 9.36 Å². The Bertz CT molecular complexity index is 3350. The number of nitrogens with zero attached hydrogens (tertiary/aromatic N) is 8. The van der Waals surface area contributed by atoms with Gasteiger partial charge in [-0.05, 0) is 72.8 Å². The predicted octanol–water partition coefficient (Wildman–Crippen LogP) is 13.0. The molecule has 0 radical (unpaired) electrons. The van der Waals surface area contributed by atoms with Crippen LogP contribution in [-0.4, -0.2) is 42.1 Å². The van der Waals surface area contributed by atoms with Gasteiger partial charge in [0.15, 0.2) is 46.3 Å². The molecule has 10 rings (SSSR count). The van der Waals surface area contributed by atoms with Crippen LogP contribution in [0.2, 0.25) is 0 Å². The van der Waals surface area contributed by atoms with Gasteiger partial charge in [0.1, 0.15) is 22.8 Å². The summed E-state index contributed by atoms with van der Waals surface area (Å²) >= 11 is 7.03. The smallest absolute Gasteiger partial charge is 0.440 e. The topological polar surface area (TPSA) is 133 Å². The van der Waals surface area contributed by atoms with E-state index in [1.54, 1.807) is 49.3 Å². The minimum atomic E-state index is -3.71. The van der Waals surface area contributed by atoms with Crippen LogP contribution in [0.1, 0.15) is 36.1 Å². The molecule has 0 fully saturated rings. The molecule has 0 saturated carbocycles. The lowest BCUT2D eigenvalue weighted by Crippen LogP contribution is -2.25. The van der Waals surface area contributed by atoms with Crippen LogP contribution < -0.4 is 18.9 Å². The van der Waals surface area contributed by atoms with Crippen LogP contribution in [0.25, 0.3) is 77.4 Å². The van der Waals surface area contributed by atoms with Gasteiger partial charge in [-0.15, -0.1) is 17.6 Å². The lowest BCUT2D eigenvalue weighted by atomic mass is 9.98. The van der Waals surface area contributed by atoms with Crippen molar-refractivity contribution in [2.75, 3.05) is 0 Å². The zero-order chi connectivity index (χ0) is 47.5. The highest BCUT2D eigenvalue weighted by atomic mass is 79.9. The van der Waals surface area contributed by atoms with Crippen LogP contribution in [0.4, 0.5) is 17.6 Å². The van der Waals surface area contributed by atoms with E-state index in [-0.39, 0.29) is 35.6 Å². The average Bonchev–Trinajstić information content (AvgIpc) is 4.13. The molecule has 0 amide bonds. The lowest BCUT2D eigenvalue weighted by molar-refractivity contribution is -0.287. The number of hydrogen-bond acceptors (Lipinski definition) is 10. The molecule has 8 aromatic rings. The highest BCUT2D eigenvalue weighted by Crippen LogP contribution is 2.48. The van der Waals surface area contributed by atoms with Crippen molar-refractivity contribution in [3.63, 3.8) is 0 Å². The zero-order valence-corrected chi connectivity index (χ0v) is 38.8. The standard InChI is InChI=1S/C24H17BrF2N4O3.C23H15BrF2N4O3/c1-12(28-3)18-11-19(31(4)30-18)16-7-6-15(25)10-17(16)23-22(29-13(2)32-23)14-5-8-20-21(9-14)34-24(26,27)33-20;1-12-28-21(13-4-7-19-20(8-13)33-23(25,26)32-19)22(31-12)17-9-14(24)5-6-16(17)18-10-15(11-27-2)29-30(18)3/h5-12H,1-2,4H3;4-10H,11H2,1,3H3. The molecule has 4 aromatic carbocycles. The third-order valence-corrected chi connectivity index (χ3v) is 11.5. The van der Waals surface area contributed by atoms with Gasteiger partial charge in [-0.1, -0.05) is 44.0 Å². The van der Waals surface area contributed by atoms with Gasteiger partial charge in [0.2, 0.25) is 0 Å². The summed E-state index contributed by atoms with van der Waals surface area (Å²) in [6.07, 6.45) is -7.41. The first kappa shape index (κ1) is 44.8. The number of rotatable bonds is 8. The molecule has 0 saturated heterocycles. The molecular formula is C47H32Br2F4N8O6. The molecule has 4 aromatic heterocycles. The molecule has 67 heavy (non-hydrogen) atoms. The average molecular weight is 1040 g/mol. The van der Waals surface area contributed by atoms with E-state index in [2.05, 4.69) is 80.7 Å². The van der Waals surface area contributed by atoms with E-state index in [1.165, 1.54) is 24.3 Å². The second-order valence-electron chi connectivity index (χ2n) is 15.2. The number of halogens is 6. The number of benzene rings is 4. The summed E-state index contributed by atoms with van der Waals surface area (Å²) in [6.45, 7) is 19.8. The Kier molecular flexibility index (Phi) is 11.4. The van der Waals surface area contributed by atoms with Crippen molar-refractivity contribution in [2.45, 2.75) is 45.9 Å². The molecule has 0 spiro atoms. The Morgan fingerprint density at radius 2 is 1.07 bits per heavy atom. The van der Waals surface area contributed by atoms with Gasteiger partial charge >= 0.3 is 12.6 Å². The second-order valence-corrected chi connectivity index (χ2v) is 17.0. The van der Waals surface area contributed by atoms with Gasteiger partial charge in [-0.25, -0.2) is 23.1 Å². The van der Waals surface area contributed by atoms with Crippen molar-refractivity contribution in [1.82, 2.24) is 29.5 Å². The summed E-state index contributed by atoms with van der Waals surface area (Å²) in [5, 5.41) is 8.91. The molecule has 0 aliphatic carbocycles. The summed E-state index contributed by atoms with van der Waals surface area (Å²) < 4.78 is 89.3. The summed E-state index contributed by atoms with van der Waals surface area (Å²) in [4.78, 5) is 16.0. The highest BCUT2D eigenvalue weighted by Gasteiger charge is 2.44. The Labute approximate surface area is 395 Å². The first-order valence-corrected chi connectivity index (χ1v) is 21.6. The fourth-order valence-corrected chi connectivity index (χ4v) is 8.33. The maximum absolute atomic E-state index is 13.5. The number of ether oxygens (including phenoxy) is 4. The largest absolute Gasteiger partial charge is 0.586 e. The van der Waals surface area contributed by atoms with E-state index in [9.17, 15) is 17.6 Å². The van der Waals surface area contributed by atoms with E-state index in [1.807, 2.05) is 55.6 Å². The lowest BCUT2D eigenvalue weighted by Gasteiger charge is -2.10. The van der Waals surface area contributed by atoms with E-state index < -0.39 is 12.6 Å². The van der Waals surface area contributed by atoms with Crippen LogP contribution in [0.15, 0.2) is 103 Å². The number of hydrogen-bond donors (Lipinski definition) is 0. The van der Waals surface area contributed by atoms with E-state index in [0.29, 0.717) is 57.2 Å². The maximum atomic E-state index is 13.5. The number of aromatic nitrogens is 6. The van der Waals surface area contributed by atoms with Gasteiger partial charge < -0.3 is 37.5 Å². The minimum Gasteiger partial charge on any atom is -0.440 e. The Morgan fingerprint density at radius 1 is 0.612 bits per heavy atom. The molecule has 0 bridgehead atoms. The number of fused-ring (bicyclic) bond motifs is 2. The van der Waals surface area contributed by atoms with Gasteiger partial charge in [0.25, 0.3) is 12.6 Å². The van der Waals surface area contributed by atoms with Crippen LogP contribution >= 0.6 is 31.9 Å². The Balaban J connectivity index is 0.000000168. The quantitative estimate of drug-likeness (QED) is 0.107. The van der Waals surface area contributed by atoms with E-state index in [4.69, 9.17) is 22.0 Å². The van der Waals surface area contributed by atoms with Gasteiger partial charge in [-0.2, -0.15) is 10.2 Å². The van der Waals surface area contributed by atoms with Gasteiger partial charge in [0, 0.05) is 77.2 Å². The predicted molar refractivity (Wildman–Crippen MR) is 242 cm³/mol. The van der Waals surface area contributed by atoms with Crippen molar-refractivity contribution in [3.8, 4) is 90.7 Å². The molecule has 20 heteroatoms. The number of aryl methyl sites for hydroxylation is 4. The molecular weight excluding hydrogens is 1010 g/mol. The summed E-state index contributed by atoms with van der Waals surface area (Å²) in [6, 6.07) is 23.8. The number of oxazole rings is 2. The van der Waals surface area contributed by atoms with Crippen LogP contribution in [0.5, 0.6) is 23.0 Å². The SMILES string of the molecule is [C-]#[N+]C(C)c1cc(-c2ccc(Br)cc2-c2oc(C)nc2-c2ccc3c(c2)OC(F)(F)O3)n(C)n1.[C-]#[N+]Cc1cc(-c2ccc(Br)cc2-c2oc(C)nc2-c2ccc3c(c2)OC(F)(F)O3)n(C)n1. The molecule has 1 atom stereocenters. The highest BCUT2D eigenvalue weighted by molar-refractivity contribution is 9.10. The van der Waals surface area contributed by atoms with Crippen molar-refractivity contribution in [3.05, 3.63) is 140 Å². The Morgan fingerprint density at radius 3 is 1.55 bits per heavy atom. The molecule has 0 N–H and O–H groups in total. The second kappa shape index (κ2) is 17.1. The first-order chi connectivity index (χ1) is 31.9. The molecule has 2 aliphatic rings. The van der Waals surface area contributed by atoms with Crippen molar-refractivity contribution >= 4 is 31.9 Å². The minimum absolute atomic E-state index is 0.0455. The van der Waals surface area contributed by atoms with Crippen molar-refractivity contribution in [2.24, 2.45) is 14.1 Å². The monoisotopic (exact) mass is 1040 g/mol. The van der Waals surface area contributed by atoms with Crippen LogP contribution in [0, 0.1) is 27.0 Å². The van der Waals surface area contributed by atoms with E-state index in [0.717, 1.165) is 42.6 Å². The molecule has 338 valence electrons. The Hall–Kier alpha value is -7.42. The summed E-state index contributed by atoms with van der Waals surface area (Å²) in [5.74, 6) is 1.49. The summed E-state index contributed by atoms with van der Waals surface area (Å²) in [5.41, 5.74) is 7.97. The molecule has 1 unspecified atom stereocenters. The molecule has 6 heterocycles. The van der Waals surface area contributed by atoms with E-state index >= 15 is 0 Å². The first-order valence-electron chi connectivity index (χ1n) is 20.0. The summed E-state index contributed by atoms with van der Waals surface area (Å²) in [7, 11) is 3.62. The number of alkyl halides is 4.